The molecule has 0 amide bonds. The highest BCUT2D eigenvalue weighted by atomic mass is 14.7. The van der Waals surface area contributed by atoms with Gasteiger partial charge in [-0.3, -0.25) is 4.99 Å². The predicted molar refractivity (Wildman–Crippen MR) is 47.4 cm³/mol. The summed E-state index contributed by atoms with van der Waals surface area (Å²) in [6.07, 6.45) is 5.01. The molecule has 0 atom stereocenters. The molecule has 0 spiro atoms. The van der Waals surface area contributed by atoms with Gasteiger partial charge >= 0.3 is 0 Å². The van der Waals surface area contributed by atoms with Crippen LogP contribution in [0.1, 0.15) is 34.1 Å². The van der Waals surface area contributed by atoms with Crippen LogP contribution in [-0.4, -0.2) is 5.71 Å². The summed E-state index contributed by atoms with van der Waals surface area (Å²) in [5.74, 6) is 0.571. The third-order valence-corrected chi connectivity index (χ3v) is 1.45. The van der Waals surface area contributed by atoms with Crippen molar-refractivity contribution >= 4 is 5.71 Å². The second-order valence-corrected chi connectivity index (χ2v) is 2.72. The van der Waals surface area contributed by atoms with E-state index in [1.165, 1.54) is 5.71 Å². The normalized spacial score (nSPS) is 13.5. The van der Waals surface area contributed by atoms with E-state index in [0.717, 1.165) is 6.42 Å². The average Bonchev–Trinajstić information content (AvgIpc) is 1.88. The van der Waals surface area contributed by atoms with Crippen LogP contribution in [0, 0.1) is 5.92 Å². The standard InChI is InChI=1S/C9H17N/c1-5-6-7-10-9(4)8(2)3/h6-8H,5H2,1-4H3/b7-6-,10-9+. The van der Waals surface area contributed by atoms with Crippen molar-refractivity contribution in [2.24, 2.45) is 10.9 Å². The molecule has 0 saturated carbocycles. The van der Waals surface area contributed by atoms with Gasteiger partial charge in [-0.05, 0) is 19.3 Å². The average molecular weight is 139 g/mol. The fraction of sp³-hybridized carbons (Fsp3) is 0.667. The molecule has 58 valence electrons. The Kier molecular flexibility index (Phi) is 4.91. The lowest BCUT2D eigenvalue weighted by Gasteiger charge is -1.99. The van der Waals surface area contributed by atoms with Crippen molar-refractivity contribution in [3.8, 4) is 0 Å². The largest absolute Gasteiger partial charge is 0.266 e. The van der Waals surface area contributed by atoms with Crippen molar-refractivity contribution in [3.63, 3.8) is 0 Å². The quantitative estimate of drug-likeness (QED) is 0.533. The molecule has 0 fully saturated rings. The highest BCUT2D eigenvalue weighted by molar-refractivity contribution is 5.84. The van der Waals surface area contributed by atoms with Crippen LogP contribution in [-0.2, 0) is 0 Å². The van der Waals surface area contributed by atoms with Gasteiger partial charge in [0.05, 0.1) is 0 Å². The Morgan fingerprint density at radius 3 is 2.50 bits per heavy atom. The minimum Gasteiger partial charge on any atom is -0.266 e. The van der Waals surface area contributed by atoms with Crippen molar-refractivity contribution in [1.82, 2.24) is 0 Å². The monoisotopic (exact) mass is 139 g/mol. The van der Waals surface area contributed by atoms with Crippen molar-refractivity contribution in [3.05, 3.63) is 12.3 Å². The fourth-order valence-corrected chi connectivity index (χ4v) is 0.425. The SMILES string of the molecule is CC/C=C\N=C(/C)C(C)C. The van der Waals surface area contributed by atoms with Gasteiger partial charge in [0.15, 0.2) is 0 Å². The fourth-order valence-electron chi connectivity index (χ4n) is 0.425. The zero-order valence-corrected chi connectivity index (χ0v) is 7.39. The molecule has 1 nitrogen and oxygen atoms in total. The summed E-state index contributed by atoms with van der Waals surface area (Å²) >= 11 is 0. The summed E-state index contributed by atoms with van der Waals surface area (Å²) in [6.45, 7) is 8.47. The lowest BCUT2D eigenvalue weighted by atomic mass is 10.1. The molecule has 0 heterocycles. The summed E-state index contributed by atoms with van der Waals surface area (Å²) in [6, 6.07) is 0. The first kappa shape index (κ1) is 9.41. The maximum Gasteiger partial charge on any atom is 0.0227 e. The van der Waals surface area contributed by atoms with Crippen LogP contribution in [0.25, 0.3) is 0 Å². The third kappa shape index (κ3) is 4.30. The highest BCUT2D eigenvalue weighted by Gasteiger charge is 1.93. The van der Waals surface area contributed by atoms with E-state index >= 15 is 0 Å². The number of nitrogens with zero attached hydrogens (tertiary/aromatic N) is 1. The smallest absolute Gasteiger partial charge is 0.0227 e. The van der Waals surface area contributed by atoms with Gasteiger partial charge in [-0.25, -0.2) is 0 Å². The Morgan fingerprint density at radius 1 is 1.50 bits per heavy atom. The van der Waals surface area contributed by atoms with Crippen LogP contribution in [0.5, 0.6) is 0 Å². The molecule has 0 aliphatic heterocycles. The van der Waals surface area contributed by atoms with E-state index in [0.29, 0.717) is 5.92 Å². The van der Waals surface area contributed by atoms with E-state index in [2.05, 4.69) is 38.8 Å². The van der Waals surface area contributed by atoms with E-state index in [-0.39, 0.29) is 0 Å². The van der Waals surface area contributed by atoms with E-state index in [9.17, 15) is 0 Å². The summed E-state index contributed by atoms with van der Waals surface area (Å²) in [7, 11) is 0. The molecule has 10 heavy (non-hydrogen) atoms. The Morgan fingerprint density at radius 2 is 2.10 bits per heavy atom. The van der Waals surface area contributed by atoms with E-state index in [1.807, 2.05) is 6.20 Å². The van der Waals surface area contributed by atoms with Gasteiger partial charge in [-0.15, -0.1) is 0 Å². The molecule has 0 aliphatic carbocycles. The van der Waals surface area contributed by atoms with Crippen molar-refractivity contribution in [2.75, 3.05) is 0 Å². The molecule has 0 rings (SSSR count). The Hall–Kier alpha value is -0.590. The molecule has 0 unspecified atom stereocenters. The molecular formula is C9H17N. The maximum atomic E-state index is 4.25. The maximum absolute atomic E-state index is 4.25. The van der Waals surface area contributed by atoms with Crippen LogP contribution in [0.4, 0.5) is 0 Å². The summed E-state index contributed by atoms with van der Waals surface area (Å²) < 4.78 is 0. The highest BCUT2D eigenvalue weighted by Crippen LogP contribution is 1.96. The summed E-state index contributed by atoms with van der Waals surface area (Å²) in [4.78, 5) is 4.25. The second kappa shape index (κ2) is 5.21. The topological polar surface area (TPSA) is 12.4 Å². The van der Waals surface area contributed by atoms with Gasteiger partial charge < -0.3 is 0 Å². The van der Waals surface area contributed by atoms with Crippen LogP contribution < -0.4 is 0 Å². The molecule has 0 saturated heterocycles. The van der Waals surface area contributed by atoms with E-state index in [1.54, 1.807) is 0 Å². The summed E-state index contributed by atoms with van der Waals surface area (Å²) in [5.41, 5.74) is 1.20. The predicted octanol–water partition coefficient (Wildman–Crippen LogP) is 3.03. The Balaban J connectivity index is 3.79. The van der Waals surface area contributed by atoms with Crippen LogP contribution in [0.15, 0.2) is 17.3 Å². The number of rotatable bonds is 3. The van der Waals surface area contributed by atoms with Crippen LogP contribution >= 0.6 is 0 Å². The summed E-state index contributed by atoms with van der Waals surface area (Å²) in [5, 5.41) is 0. The second-order valence-electron chi connectivity index (χ2n) is 2.72. The first-order valence-electron chi connectivity index (χ1n) is 3.87. The first-order valence-corrected chi connectivity index (χ1v) is 3.87. The lowest BCUT2D eigenvalue weighted by Crippen LogP contribution is -1.99. The number of aliphatic imine (C=N–C) groups is 1. The molecule has 0 aliphatic rings. The minimum absolute atomic E-state index is 0.571. The molecule has 0 aromatic rings. The minimum atomic E-state index is 0.571. The number of hydrogen-bond acceptors (Lipinski definition) is 1. The third-order valence-electron chi connectivity index (χ3n) is 1.45. The molecule has 0 bridgehead atoms. The van der Waals surface area contributed by atoms with Gasteiger partial charge in [-0.2, -0.15) is 0 Å². The Bertz CT molecular complexity index is 132. The lowest BCUT2D eigenvalue weighted by molar-refractivity contribution is 0.878. The molecule has 0 radical (unpaired) electrons. The zero-order valence-electron chi connectivity index (χ0n) is 7.39. The van der Waals surface area contributed by atoms with Gasteiger partial charge in [0.2, 0.25) is 0 Å². The van der Waals surface area contributed by atoms with Crippen molar-refractivity contribution < 1.29 is 0 Å². The number of allylic oxidation sites excluding steroid dienone is 1. The molecule has 0 aromatic heterocycles. The van der Waals surface area contributed by atoms with Crippen molar-refractivity contribution in [2.45, 2.75) is 34.1 Å². The zero-order chi connectivity index (χ0) is 7.98. The van der Waals surface area contributed by atoms with Crippen LogP contribution in [0.2, 0.25) is 0 Å². The Labute approximate surface area is 63.9 Å². The molecule has 0 N–H and O–H groups in total. The van der Waals surface area contributed by atoms with Gasteiger partial charge in [0.25, 0.3) is 0 Å². The van der Waals surface area contributed by atoms with E-state index in [4.69, 9.17) is 0 Å². The molecular weight excluding hydrogens is 122 g/mol. The number of hydrogen-bond donors (Lipinski definition) is 0. The first-order chi connectivity index (χ1) is 4.68. The molecule has 1 heteroatoms. The van der Waals surface area contributed by atoms with Crippen LogP contribution in [0.3, 0.4) is 0 Å². The van der Waals surface area contributed by atoms with Gasteiger partial charge in [0.1, 0.15) is 0 Å². The van der Waals surface area contributed by atoms with Crippen molar-refractivity contribution in [1.29, 1.82) is 0 Å². The molecule has 0 aromatic carbocycles. The van der Waals surface area contributed by atoms with Gasteiger partial charge in [-0.1, -0.05) is 26.8 Å². The van der Waals surface area contributed by atoms with E-state index < -0.39 is 0 Å². The van der Waals surface area contributed by atoms with Gasteiger partial charge in [0, 0.05) is 11.9 Å².